The van der Waals surface area contributed by atoms with E-state index in [1.54, 1.807) is 30.3 Å². The van der Waals surface area contributed by atoms with Crippen molar-refractivity contribution in [2.45, 2.75) is 26.2 Å². The summed E-state index contributed by atoms with van der Waals surface area (Å²) in [5.41, 5.74) is 3.40. The Bertz CT molecular complexity index is 1690. The average molecular weight is 489 g/mol. The molecule has 0 radical (unpaired) electrons. The van der Waals surface area contributed by atoms with Gasteiger partial charge in [0.2, 0.25) is 0 Å². The highest BCUT2D eigenvalue weighted by Gasteiger charge is 2.25. The Balaban J connectivity index is 1.92. The molecule has 9 heteroatoms. The fourth-order valence-electron chi connectivity index (χ4n) is 3.91. The van der Waals surface area contributed by atoms with Crippen molar-refractivity contribution in [1.29, 1.82) is 5.26 Å². The van der Waals surface area contributed by atoms with Gasteiger partial charge in [0.15, 0.2) is 11.3 Å². The van der Waals surface area contributed by atoms with Crippen molar-refractivity contribution in [2.24, 2.45) is 0 Å². The molecule has 0 amide bonds. The molecular weight excluding hydrogens is 471 g/mol. The first-order chi connectivity index (χ1) is 16.2. The first-order valence-corrected chi connectivity index (χ1v) is 11.2. The molecule has 0 spiro atoms. The molecule has 0 aliphatic heterocycles. The van der Waals surface area contributed by atoms with Crippen LogP contribution in [0.4, 0.5) is 0 Å². The number of halogens is 2. The van der Waals surface area contributed by atoms with E-state index in [9.17, 15) is 10.1 Å². The SMILES string of the molecule is CC(C)(C)c1nc2nc(-c3ccc(C#N)cc3Cl)c(-c3ccc(Cl)cc3)cc2c2n[nH]c(=O)n12. The maximum Gasteiger partial charge on any atom is 0.349 e. The molecule has 3 heterocycles. The Hall–Kier alpha value is -3.73. The van der Waals surface area contributed by atoms with E-state index in [-0.39, 0.29) is 5.69 Å². The number of hydrogen-bond donors (Lipinski definition) is 1. The van der Waals surface area contributed by atoms with Crippen molar-refractivity contribution in [3.8, 4) is 28.5 Å². The van der Waals surface area contributed by atoms with Gasteiger partial charge in [-0.05, 0) is 42.0 Å². The van der Waals surface area contributed by atoms with Crippen molar-refractivity contribution in [3.63, 3.8) is 0 Å². The van der Waals surface area contributed by atoms with Gasteiger partial charge >= 0.3 is 5.69 Å². The van der Waals surface area contributed by atoms with Crippen molar-refractivity contribution in [3.05, 3.63) is 80.4 Å². The number of aromatic amines is 1. The predicted molar refractivity (Wildman–Crippen MR) is 133 cm³/mol. The molecule has 0 atom stereocenters. The van der Waals surface area contributed by atoms with Gasteiger partial charge in [0, 0.05) is 21.6 Å². The van der Waals surface area contributed by atoms with Crippen LogP contribution < -0.4 is 5.69 Å². The summed E-state index contributed by atoms with van der Waals surface area (Å²) in [4.78, 5) is 22.3. The number of H-pyrrole nitrogens is 1. The van der Waals surface area contributed by atoms with Crippen LogP contribution in [0.1, 0.15) is 32.2 Å². The zero-order chi connectivity index (χ0) is 24.2. The molecule has 7 nitrogen and oxygen atoms in total. The number of nitrogens with one attached hydrogen (secondary N) is 1. The van der Waals surface area contributed by atoms with E-state index in [1.165, 1.54) is 4.40 Å². The second kappa shape index (κ2) is 7.94. The van der Waals surface area contributed by atoms with E-state index in [4.69, 9.17) is 33.2 Å². The number of fused-ring (bicyclic) bond motifs is 3. The normalized spacial score (nSPS) is 11.8. The Morgan fingerprint density at radius 3 is 2.38 bits per heavy atom. The zero-order valence-corrected chi connectivity index (χ0v) is 20.0. The second-order valence-electron chi connectivity index (χ2n) is 8.94. The van der Waals surface area contributed by atoms with Gasteiger partial charge in [-0.25, -0.2) is 24.3 Å². The molecule has 5 rings (SSSR count). The monoisotopic (exact) mass is 488 g/mol. The molecule has 1 N–H and O–H groups in total. The summed E-state index contributed by atoms with van der Waals surface area (Å²) >= 11 is 12.7. The highest BCUT2D eigenvalue weighted by molar-refractivity contribution is 6.33. The van der Waals surface area contributed by atoms with Crippen LogP contribution in [0, 0.1) is 11.3 Å². The predicted octanol–water partition coefficient (Wildman–Crippen LogP) is 5.78. The maximum atomic E-state index is 12.6. The molecule has 0 bridgehead atoms. The lowest BCUT2D eigenvalue weighted by molar-refractivity contribution is 0.535. The third-order valence-corrected chi connectivity index (χ3v) is 6.08. The molecule has 0 saturated carbocycles. The van der Waals surface area contributed by atoms with Gasteiger partial charge in [-0.3, -0.25) is 0 Å². The quantitative estimate of drug-likeness (QED) is 0.339. The summed E-state index contributed by atoms with van der Waals surface area (Å²) < 4.78 is 1.49. The summed E-state index contributed by atoms with van der Waals surface area (Å²) in [5.74, 6) is 0.539. The molecule has 0 aliphatic rings. The number of benzene rings is 2. The van der Waals surface area contributed by atoms with E-state index < -0.39 is 5.41 Å². The van der Waals surface area contributed by atoms with Gasteiger partial charge in [0.05, 0.1) is 27.7 Å². The lowest BCUT2D eigenvalue weighted by Gasteiger charge is -2.20. The van der Waals surface area contributed by atoms with E-state index in [2.05, 4.69) is 16.3 Å². The fourth-order valence-corrected chi connectivity index (χ4v) is 4.31. The van der Waals surface area contributed by atoms with E-state index in [0.29, 0.717) is 49.4 Å². The number of nitriles is 1. The molecule has 0 saturated heterocycles. The Morgan fingerprint density at radius 2 is 1.74 bits per heavy atom. The largest absolute Gasteiger partial charge is 0.349 e. The molecular formula is C25H18Cl2N6O. The third-order valence-electron chi connectivity index (χ3n) is 5.52. The number of hydrogen-bond acceptors (Lipinski definition) is 5. The number of rotatable bonds is 2. The minimum atomic E-state index is -0.442. The summed E-state index contributed by atoms with van der Waals surface area (Å²) in [6, 6.07) is 16.4. The van der Waals surface area contributed by atoms with Gasteiger partial charge in [0.1, 0.15) is 5.82 Å². The Morgan fingerprint density at radius 1 is 1.00 bits per heavy atom. The van der Waals surface area contributed by atoms with Crippen LogP contribution >= 0.6 is 23.2 Å². The summed E-state index contributed by atoms with van der Waals surface area (Å²) in [7, 11) is 0. The molecule has 34 heavy (non-hydrogen) atoms. The molecule has 2 aromatic carbocycles. The molecule has 0 aliphatic carbocycles. The van der Waals surface area contributed by atoms with Gasteiger partial charge in [0.25, 0.3) is 0 Å². The number of pyridine rings is 1. The van der Waals surface area contributed by atoms with Crippen LogP contribution in [0.15, 0.2) is 53.3 Å². The highest BCUT2D eigenvalue weighted by atomic mass is 35.5. The third kappa shape index (κ3) is 3.61. The summed E-state index contributed by atoms with van der Waals surface area (Å²) in [6.45, 7) is 5.92. The Kier molecular flexibility index (Phi) is 5.16. The second-order valence-corrected chi connectivity index (χ2v) is 9.79. The average Bonchev–Trinajstić information content (AvgIpc) is 3.19. The van der Waals surface area contributed by atoms with Gasteiger partial charge in [-0.15, -0.1) is 0 Å². The Labute approximate surface area is 204 Å². The van der Waals surface area contributed by atoms with Crippen LogP contribution in [-0.2, 0) is 5.41 Å². The molecule has 5 aromatic rings. The summed E-state index contributed by atoms with van der Waals surface area (Å²) in [6.07, 6.45) is 0. The lowest BCUT2D eigenvalue weighted by atomic mass is 9.94. The van der Waals surface area contributed by atoms with Gasteiger partial charge in [-0.1, -0.05) is 56.1 Å². The minimum Gasteiger partial charge on any atom is -0.246 e. The topological polar surface area (TPSA) is 99.7 Å². The zero-order valence-electron chi connectivity index (χ0n) is 18.5. The van der Waals surface area contributed by atoms with Crippen LogP contribution in [-0.4, -0.2) is 24.6 Å². The van der Waals surface area contributed by atoms with E-state index >= 15 is 0 Å². The molecule has 0 unspecified atom stereocenters. The summed E-state index contributed by atoms with van der Waals surface area (Å²) in [5, 5.41) is 17.7. The standard InChI is InChI=1S/C25H18Cl2N6O/c1-25(2,3)23-30-21-18(22-31-32-24(34)33(22)23)11-17(14-5-7-15(26)8-6-14)20(29-21)16-9-4-13(12-28)10-19(16)27/h4-11H,1-3H3,(H,32,34). The number of nitrogens with zero attached hydrogens (tertiary/aromatic N) is 5. The number of aromatic nitrogens is 5. The lowest BCUT2D eigenvalue weighted by Crippen LogP contribution is -2.25. The minimum absolute atomic E-state index is 0.360. The van der Waals surface area contributed by atoms with Crippen molar-refractivity contribution < 1.29 is 0 Å². The van der Waals surface area contributed by atoms with Gasteiger partial charge in [-0.2, -0.15) is 10.4 Å². The van der Waals surface area contributed by atoms with Gasteiger partial charge < -0.3 is 0 Å². The maximum absolute atomic E-state index is 12.6. The molecule has 0 fully saturated rings. The van der Waals surface area contributed by atoms with Crippen molar-refractivity contribution in [2.75, 3.05) is 0 Å². The first kappa shape index (κ1) is 22.1. The van der Waals surface area contributed by atoms with Crippen molar-refractivity contribution >= 4 is 39.9 Å². The van der Waals surface area contributed by atoms with Crippen LogP contribution in [0.2, 0.25) is 10.0 Å². The first-order valence-electron chi connectivity index (χ1n) is 10.5. The fraction of sp³-hybridized carbons (Fsp3) is 0.160. The smallest absolute Gasteiger partial charge is 0.246 e. The highest BCUT2D eigenvalue weighted by Crippen LogP contribution is 2.38. The molecule has 3 aromatic heterocycles. The van der Waals surface area contributed by atoms with Crippen LogP contribution in [0.5, 0.6) is 0 Å². The van der Waals surface area contributed by atoms with Crippen molar-refractivity contribution in [1.82, 2.24) is 24.6 Å². The molecule has 168 valence electrons. The van der Waals surface area contributed by atoms with Crippen LogP contribution in [0.3, 0.4) is 0 Å². The van der Waals surface area contributed by atoms with Crippen LogP contribution in [0.25, 0.3) is 39.1 Å². The van der Waals surface area contributed by atoms with E-state index in [1.807, 2.05) is 39.0 Å². The van der Waals surface area contributed by atoms with E-state index in [0.717, 1.165) is 11.1 Å².